The third kappa shape index (κ3) is 3.94. The number of hydrogen-bond donors (Lipinski definition) is 1. The molecule has 3 nitrogen and oxygen atoms in total. The van der Waals surface area contributed by atoms with Gasteiger partial charge in [0, 0.05) is 19.3 Å². The van der Waals surface area contributed by atoms with Crippen LogP contribution in [0.15, 0.2) is 0 Å². The smallest absolute Gasteiger partial charge is 0.0728 e. The molecule has 0 amide bonds. The van der Waals surface area contributed by atoms with Gasteiger partial charge in [-0.2, -0.15) is 0 Å². The molecule has 1 heterocycles. The summed E-state index contributed by atoms with van der Waals surface area (Å²) in [4.78, 5) is 0. The van der Waals surface area contributed by atoms with Gasteiger partial charge in [-0.15, -0.1) is 0 Å². The van der Waals surface area contributed by atoms with Crippen LogP contribution in [-0.2, 0) is 9.47 Å². The Kier molecular flexibility index (Phi) is 5.26. The second-order valence-corrected chi connectivity index (χ2v) is 5.68. The molecule has 1 aliphatic carbocycles. The molecule has 3 unspecified atom stereocenters. The summed E-state index contributed by atoms with van der Waals surface area (Å²) in [5.74, 6) is 1.52. The second-order valence-electron chi connectivity index (χ2n) is 5.68. The number of hydrogen-bond acceptors (Lipinski definition) is 3. The standard InChI is InChI=1S/C14H27NO2/c1-2-11-3-4-13(15)14(9-11)17-10-12-5-7-16-8-6-12/h11-14H,2-10,15H2,1H3. The van der Waals surface area contributed by atoms with E-state index in [1.165, 1.54) is 19.3 Å². The average Bonchev–Trinajstić information content (AvgIpc) is 2.39. The molecule has 17 heavy (non-hydrogen) atoms. The van der Waals surface area contributed by atoms with Crippen molar-refractivity contribution in [3.63, 3.8) is 0 Å². The Bertz CT molecular complexity index is 216. The highest BCUT2D eigenvalue weighted by Crippen LogP contribution is 2.28. The van der Waals surface area contributed by atoms with Crippen molar-refractivity contribution in [2.45, 2.75) is 57.6 Å². The fourth-order valence-electron chi connectivity index (χ4n) is 2.97. The van der Waals surface area contributed by atoms with Gasteiger partial charge in [0.15, 0.2) is 0 Å². The van der Waals surface area contributed by atoms with Gasteiger partial charge < -0.3 is 15.2 Å². The third-order valence-electron chi connectivity index (χ3n) is 4.42. The van der Waals surface area contributed by atoms with Crippen molar-refractivity contribution in [3.05, 3.63) is 0 Å². The van der Waals surface area contributed by atoms with E-state index in [9.17, 15) is 0 Å². The molecule has 0 aromatic carbocycles. The van der Waals surface area contributed by atoms with E-state index in [4.69, 9.17) is 15.2 Å². The highest BCUT2D eigenvalue weighted by atomic mass is 16.5. The van der Waals surface area contributed by atoms with Crippen molar-refractivity contribution in [1.82, 2.24) is 0 Å². The minimum absolute atomic E-state index is 0.262. The SMILES string of the molecule is CCC1CCC(N)C(OCC2CCOCC2)C1. The maximum Gasteiger partial charge on any atom is 0.0728 e. The van der Waals surface area contributed by atoms with Crippen molar-refractivity contribution < 1.29 is 9.47 Å². The molecule has 1 saturated carbocycles. The molecule has 0 spiro atoms. The van der Waals surface area contributed by atoms with Crippen LogP contribution in [0.2, 0.25) is 0 Å². The zero-order valence-electron chi connectivity index (χ0n) is 11.1. The molecular weight excluding hydrogens is 214 g/mol. The fraction of sp³-hybridized carbons (Fsp3) is 1.00. The van der Waals surface area contributed by atoms with Gasteiger partial charge in [0.25, 0.3) is 0 Å². The monoisotopic (exact) mass is 241 g/mol. The van der Waals surface area contributed by atoms with Crippen LogP contribution in [0.3, 0.4) is 0 Å². The molecule has 0 aromatic rings. The molecule has 2 fully saturated rings. The Morgan fingerprint density at radius 2 is 1.88 bits per heavy atom. The molecule has 0 bridgehead atoms. The molecule has 1 aliphatic heterocycles. The Morgan fingerprint density at radius 3 is 2.59 bits per heavy atom. The van der Waals surface area contributed by atoms with Crippen molar-refractivity contribution in [2.75, 3.05) is 19.8 Å². The van der Waals surface area contributed by atoms with E-state index >= 15 is 0 Å². The lowest BCUT2D eigenvalue weighted by Gasteiger charge is -2.35. The van der Waals surface area contributed by atoms with Gasteiger partial charge >= 0.3 is 0 Å². The van der Waals surface area contributed by atoms with E-state index in [0.29, 0.717) is 12.0 Å². The Balaban J connectivity index is 1.72. The zero-order valence-corrected chi connectivity index (χ0v) is 11.1. The van der Waals surface area contributed by atoms with Crippen molar-refractivity contribution in [1.29, 1.82) is 0 Å². The van der Waals surface area contributed by atoms with Gasteiger partial charge in [-0.3, -0.25) is 0 Å². The summed E-state index contributed by atoms with van der Waals surface area (Å²) in [5, 5.41) is 0. The second kappa shape index (κ2) is 6.72. The highest BCUT2D eigenvalue weighted by molar-refractivity contribution is 4.83. The molecule has 0 aromatic heterocycles. The van der Waals surface area contributed by atoms with Gasteiger partial charge in [-0.05, 0) is 43.9 Å². The first-order chi connectivity index (χ1) is 8.29. The minimum Gasteiger partial charge on any atom is -0.381 e. The van der Waals surface area contributed by atoms with E-state index in [1.54, 1.807) is 0 Å². The van der Waals surface area contributed by atoms with Gasteiger partial charge in [-0.1, -0.05) is 13.3 Å². The minimum atomic E-state index is 0.262. The number of rotatable bonds is 4. The molecule has 2 N–H and O–H groups in total. The lowest BCUT2D eigenvalue weighted by atomic mass is 9.83. The number of ether oxygens (including phenoxy) is 2. The van der Waals surface area contributed by atoms with Crippen LogP contribution in [0.1, 0.15) is 45.4 Å². The predicted molar refractivity (Wildman–Crippen MR) is 68.9 cm³/mol. The molecule has 2 rings (SSSR count). The van der Waals surface area contributed by atoms with E-state index in [0.717, 1.165) is 45.0 Å². The van der Waals surface area contributed by atoms with Gasteiger partial charge in [0.2, 0.25) is 0 Å². The maximum atomic E-state index is 6.16. The fourth-order valence-corrected chi connectivity index (χ4v) is 2.97. The van der Waals surface area contributed by atoms with Gasteiger partial charge in [-0.25, -0.2) is 0 Å². The van der Waals surface area contributed by atoms with Crippen LogP contribution >= 0.6 is 0 Å². The normalized spacial score (nSPS) is 36.0. The summed E-state index contributed by atoms with van der Waals surface area (Å²) in [7, 11) is 0. The van der Waals surface area contributed by atoms with Crippen LogP contribution in [0.4, 0.5) is 0 Å². The highest BCUT2D eigenvalue weighted by Gasteiger charge is 2.28. The van der Waals surface area contributed by atoms with E-state index < -0.39 is 0 Å². The molecule has 2 aliphatic rings. The lowest BCUT2D eigenvalue weighted by Crippen LogP contribution is -2.42. The van der Waals surface area contributed by atoms with Crippen molar-refractivity contribution in [3.8, 4) is 0 Å². The summed E-state index contributed by atoms with van der Waals surface area (Å²) in [6.45, 7) is 4.97. The first kappa shape index (κ1) is 13.3. The molecule has 0 radical (unpaired) electrons. The Labute approximate surface area is 105 Å². The Morgan fingerprint density at radius 1 is 1.12 bits per heavy atom. The third-order valence-corrected chi connectivity index (χ3v) is 4.42. The number of nitrogens with two attached hydrogens (primary N) is 1. The molecule has 100 valence electrons. The maximum absolute atomic E-state index is 6.16. The topological polar surface area (TPSA) is 44.5 Å². The van der Waals surface area contributed by atoms with E-state index in [-0.39, 0.29) is 6.04 Å². The largest absolute Gasteiger partial charge is 0.381 e. The van der Waals surface area contributed by atoms with Crippen LogP contribution in [0, 0.1) is 11.8 Å². The van der Waals surface area contributed by atoms with Gasteiger partial charge in [0.1, 0.15) is 0 Å². The van der Waals surface area contributed by atoms with Gasteiger partial charge in [0.05, 0.1) is 12.7 Å². The van der Waals surface area contributed by atoms with Crippen LogP contribution in [0.25, 0.3) is 0 Å². The summed E-state index contributed by atoms with van der Waals surface area (Å²) in [6, 6.07) is 0.262. The zero-order chi connectivity index (χ0) is 12.1. The molecule has 3 atom stereocenters. The quantitative estimate of drug-likeness (QED) is 0.821. The first-order valence-electron chi connectivity index (χ1n) is 7.24. The summed E-state index contributed by atoms with van der Waals surface area (Å²) in [6.07, 6.45) is 7.46. The molecule has 1 saturated heterocycles. The average molecular weight is 241 g/mol. The summed E-state index contributed by atoms with van der Waals surface area (Å²) < 4.78 is 11.5. The van der Waals surface area contributed by atoms with E-state index in [1.807, 2.05) is 0 Å². The van der Waals surface area contributed by atoms with Crippen LogP contribution in [-0.4, -0.2) is 32.0 Å². The molecule has 3 heteroatoms. The summed E-state index contributed by atoms with van der Waals surface area (Å²) in [5.41, 5.74) is 6.16. The van der Waals surface area contributed by atoms with Crippen LogP contribution in [0.5, 0.6) is 0 Å². The van der Waals surface area contributed by atoms with Crippen LogP contribution < -0.4 is 5.73 Å². The van der Waals surface area contributed by atoms with E-state index in [2.05, 4.69) is 6.92 Å². The lowest BCUT2D eigenvalue weighted by molar-refractivity contribution is -0.0392. The first-order valence-corrected chi connectivity index (χ1v) is 7.24. The van der Waals surface area contributed by atoms with Crippen molar-refractivity contribution in [2.24, 2.45) is 17.6 Å². The molecular formula is C14H27NO2. The summed E-state index contributed by atoms with van der Waals surface area (Å²) >= 11 is 0. The van der Waals surface area contributed by atoms with Crippen molar-refractivity contribution >= 4 is 0 Å². The Hall–Kier alpha value is -0.120. The predicted octanol–water partition coefficient (Wildman–Crippen LogP) is 2.34.